The van der Waals surface area contributed by atoms with Crippen molar-refractivity contribution < 1.29 is 18.3 Å². The van der Waals surface area contributed by atoms with Crippen LogP contribution in [-0.4, -0.2) is 31.1 Å². The minimum Gasteiger partial charge on any atom is -0.378 e. The lowest BCUT2D eigenvalue weighted by atomic mass is 9.82. The maximum absolute atomic E-state index is 13.9. The molecule has 0 aliphatic carbocycles. The average molecular weight is 295 g/mol. The van der Waals surface area contributed by atoms with Crippen LogP contribution in [0, 0.1) is 24.5 Å². The third-order valence-electron chi connectivity index (χ3n) is 4.42. The van der Waals surface area contributed by atoms with E-state index in [0.29, 0.717) is 26.1 Å². The Morgan fingerprint density at radius 2 is 1.90 bits per heavy atom. The van der Waals surface area contributed by atoms with Crippen LogP contribution in [0.25, 0.3) is 0 Å². The summed E-state index contributed by atoms with van der Waals surface area (Å²) in [7, 11) is 0. The van der Waals surface area contributed by atoms with Gasteiger partial charge in [0.1, 0.15) is 5.78 Å². The highest BCUT2D eigenvalue weighted by Gasteiger charge is 2.35. The number of nitrogens with one attached hydrogen (secondary N) is 1. The first-order chi connectivity index (χ1) is 10.0. The number of morpholine rings is 1. The lowest BCUT2D eigenvalue weighted by molar-refractivity contribution is -0.125. The van der Waals surface area contributed by atoms with Gasteiger partial charge in [-0.05, 0) is 30.9 Å². The van der Waals surface area contributed by atoms with Crippen molar-refractivity contribution in [1.29, 1.82) is 0 Å². The smallest absolute Gasteiger partial charge is 0.162 e. The highest BCUT2D eigenvalue weighted by molar-refractivity contribution is 5.83. The van der Waals surface area contributed by atoms with Crippen LogP contribution in [0.2, 0.25) is 0 Å². The van der Waals surface area contributed by atoms with Crippen molar-refractivity contribution in [3.8, 4) is 0 Å². The zero-order valence-corrected chi connectivity index (χ0v) is 12.0. The van der Waals surface area contributed by atoms with Gasteiger partial charge in [-0.25, -0.2) is 8.78 Å². The first-order valence-electron chi connectivity index (χ1n) is 7.34. The molecule has 5 heteroatoms. The van der Waals surface area contributed by atoms with Gasteiger partial charge in [-0.1, -0.05) is 12.1 Å². The van der Waals surface area contributed by atoms with Gasteiger partial charge in [-0.15, -0.1) is 0 Å². The van der Waals surface area contributed by atoms with Crippen LogP contribution in [0.4, 0.5) is 8.78 Å². The van der Waals surface area contributed by atoms with E-state index in [4.69, 9.17) is 4.74 Å². The van der Waals surface area contributed by atoms with Crippen LogP contribution in [0.3, 0.4) is 0 Å². The Kier molecular flexibility index (Phi) is 4.04. The van der Waals surface area contributed by atoms with Crippen molar-refractivity contribution >= 4 is 5.78 Å². The summed E-state index contributed by atoms with van der Waals surface area (Å²) in [4.78, 5) is 12.4. The molecule has 2 aliphatic heterocycles. The molecule has 0 radical (unpaired) electrons. The molecule has 114 valence electrons. The number of hydrogen-bond donors (Lipinski definition) is 1. The molecule has 0 amide bonds. The topological polar surface area (TPSA) is 38.3 Å². The van der Waals surface area contributed by atoms with Crippen LogP contribution in [0.1, 0.15) is 24.0 Å². The molecule has 1 aromatic carbocycles. The molecule has 0 aromatic heterocycles. The summed E-state index contributed by atoms with van der Waals surface area (Å²) < 4.78 is 32.9. The summed E-state index contributed by atoms with van der Waals surface area (Å²) in [5.41, 5.74) is 0.417. The lowest BCUT2D eigenvalue weighted by Gasteiger charge is -2.39. The predicted octanol–water partition coefficient (Wildman–Crippen LogP) is 2.15. The van der Waals surface area contributed by atoms with Gasteiger partial charge in [0.2, 0.25) is 0 Å². The number of fused-ring (bicyclic) bond motifs is 2. The van der Waals surface area contributed by atoms with Crippen LogP contribution in [0.5, 0.6) is 0 Å². The molecule has 3 nitrogen and oxygen atoms in total. The second-order valence-electron chi connectivity index (χ2n) is 6.08. The molecule has 21 heavy (non-hydrogen) atoms. The average Bonchev–Trinajstić information content (AvgIpc) is 2.47. The zero-order valence-electron chi connectivity index (χ0n) is 12.0. The monoisotopic (exact) mass is 295 g/mol. The quantitative estimate of drug-likeness (QED) is 0.928. The fraction of sp³-hybridized carbons (Fsp3) is 0.562. The van der Waals surface area contributed by atoms with E-state index >= 15 is 0 Å². The second kappa shape index (κ2) is 5.81. The summed E-state index contributed by atoms with van der Waals surface area (Å²) in [6.45, 7) is 2.75. The van der Waals surface area contributed by atoms with Crippen LogP contribution in [-0.2, 0) is 16.0 Å². The normalized spacial score (nSPS) is 28.4. The van der Waals surface area contributed by atoms with Crippen molar-refractivity contribution in [3.63, 3.8) is 0 Å². The van der Waals surface area contributed by atoms with Crippen molar-refractivity contribution in [2.75, 3.05) is 13.2 Å². The van der Waals surface area contributed by atoms with Gasteiger partial charge < -0.3 is 10.1 Å². The maximum atomic E-state index is 13.9. The van der Waals surface area contributed by atoms with Crippen LogP contribution in [0.15, 0.2) is 12.1 Å². The highest BCUT2D eigenvalue weighted by atomic mass is 19.2. The number of hydrogen-bond acceptors (Lipinski definition) is 3. The van der Waals surface area contributed by atoms with E-state index in [9.17, 15) is 13.6 Å². The summed E-state index contributed by atoms with van der Waals surface area (Å²) in [6.07, 6.45) is 1.39. The number of aryl methyl sites for hydroxylation is 1. The Hall–Kier alpha value is -1.33. The Labute approximate surface area is 122 Å². The van der Waals surface area contributed by atoms with E-state index in [2.05, 4.69) is 5.32 Å². The van der Waals surface area contributed by atoms with Gasteiger partial charge >= 0.3 is 0 Å². The number of ketones is 1. The number of piperidine rings is 1. The molecular weight excluding hydrogens is 276 g/mol. The van der Waals surface area contributed by atoms with Gasteiger partial charge in [0.05, 0.1) is 13.2 Å². The largest absolute Gasteiger partial charge is 0.378 e. The first-order valence-corrected chi connectivity index (χ1v) is 7.34. The van der Waals surface area contributed by atoms with E-state index in [1.54, 1.807) is 0 Å². The zero-order chi connectivity index (χ0) is 15.0. The SMILES string of the molecule is Cc1ccc(CC(=O)C2CC3COCC(C2)N3)c(F)c1F. The molecule has 2 atom stereocenters. The van der Waals surface area contributed by atoms with E-state index < -0.39 is 11.6 Å². The molecule has 1 aromatic rings. The maximum Gasteiger partial charge on any atom is 0.162 e. The van der Waals surface area contributed by atoms with E-state index in [0.717, 1.165) is 0 Å². The predicted molar refractivity (Wildman–Crippen MR) is 74.1 cm³/mol. The number of ether oxygens (including phenoxy) is 1. The fourth-order valence-corrected chi connectivity index (χ4v) is 3.25. The third-order valence-corrected chi connectivity index (χ3v) is 4.42. The van der Waals surface area contributed by atoms with Crippen molar-refractivity contribution in [1.82, 2.24) is 5.32 Å². The Bertz CT molecular complexity index is 549. The molecule has 2 bridgehead atoms. The van der Waals surface area contributed by atoms with Gasteiger partial charge in [0.15, 0.2) is 11.6 Å². The molecular formula is C16H19F2NO2. The minimum absolute atomic E-state index is 0.00412. The van der Waals surface area contributed by atoms with Crippen LogP contribution < -0.4 is 5.32 Å². The number of halogens is 2. The molecule has 0 spiro atoms. The van der Waals surface area contributed by atoms with Crippen molar-refractivity contribution in [2.45, 2.75) is 38.3 Å². The molecule has 3 rings (SSSR count). The third kappa shape index (κ3) is 2.99. The Balaban J connectivity index is 1.70. The molecule has 2 saturated heterocycles. The number of Topliss-reactive ketones (excluding diaryl/α,β-unsaturated/α-hetero) is 1. The number of benzene rings is 1. The van der Waals surface area contributed by atoms with Gasteiger partial charge in [-0.2, -0.15) is 0 Å². The summed E-state index contributed by atoms with van der Waals surface area (Å²) >= 11 is 0. The first kappa shape index (κ1) is 14.6. The lowest BCUT2D eigenvalue weighted by Crippen LogP contribution is -2.55. The summed E-state index contributed by atoms with van der Waals surface area (Å²) in [5, 5.41) is 3.42. The van der Waals surface area contributed by atoms with E-state index in [1.165, 1.54) is 19.1 Å². The molecule has 1 N–H and O–H groups in total. The summed E-state index contributed by atoms with van der Waals surface area (Å²) in [5.74, 6) is -1.83. The second-order valence-corrected chi connectivity index (χ2v) is 6.08. The van der Waals surface area contributed by atoms with Gasteiger partial charge in [0, 0.05) is 24.4 Å². The Morgan fingerprint density at radius 1 is 1.24 bits per heavy atom. The van der Waals surface area contributed by atoms with E-state index in [-0.39, 0.29) is 41.3 Å². The molecule has 2 heterocycles. The van der Waals surface area contributed by atoms with Gasteiger partial charge in [0.25, 0.3) is 0 Å². The number of carbonyl (C=O) groups is 1. The molecule has 2 aliphatic rings. The molecule has 2 fully saturated rings. The highest BCUT2D eigenvalue weighted by Crippen LogP contribution is 2.26. The Morgan fingerprint density at radius 3 is 2.57 bits per heavy atom. The van der Waals surface area contributed by atoms with Crippen LogP contribution >= 0.6 is 0 Å². The van der Waals surface area contributed by atoms with Crippen molar-refractivity contribution in [2.24, 2.45) is 5.92 Å². The van der Waals surface area contributed by atoms with Gasteiger partial charge in [-0.3, -0.25) is 4.79 Å². The number of carbonyl (C=O) groups excluding carboxylic acids is 1. The standard InChI is InChI=1S/C16H19F2NO2/c1-9-2-3-10(16(18)15(9)17)6-14(20)11-4-12-7-21-8-13(5-11)19-12/h2-3,11-13,19H,4-8H2,1H3. The fourth-order valence-electron chi connectivity index (χ4n) is 3.25. The molecule has 2 unspecified atom stereocenters. The molecule has 0 saturated carbocycles. The van der Waals surface area contributed by atoms with E-state index in [1.807, 2.05) is 0 Å². The number of rotatable bonds is 3. The van der Waals surface area contributed by atoms with Crippen molar-refractivity contribution in [3.05, 3.63) is 34.9 Å². The minimum atomic E-state index is -0.888. The summed E-state index contributed by atoms with van der Waals surface area (Å²) in [6, 6.07) is 3.43.